The van der Waals surface area contributed by atoms with Gasteiger partial charge in [0.15, 0.2) is 5.69 Å². The minimum atomic E-state index is -1.61. The number of nitrogens with zero attached hydrogens (tertiary/aromatic N) is 3. The van der Waals surface area contributed by atoms with Crippen LogP contribution in [0.4, 0.5) is 22.0 Å². The summed E-state index contributed by atoms with van der Waals surface area (Å²) >= 11 is 0. The molecule has 0 atom stereocenters. The molecule has 1 aromatic heterocycles. The Bertz CT molecular complexity index is 1480. The first-order chi connectivity index (χ1) is 15.2. The molecule has 0 saturated carbocycles. The summed E-state index contributed by atoms with van der Waals surface area (Å²) in [6.45, 7) is 0. The smallest absolute Gasteiger partial charge is 0.416 e. The van der Waals surface area contributed by atoms with Crippen molar-refractivity contribution in [2.75, 3.05) is 10.6 Å². The van der Waals surface area contributed by atoms with Crippen LogP contribution in [0, 0.1) is 0 Å². The van der Waals surface area contributed by atoms with E-state index in [9.17, 15) is 29.7 Å². The average molecular weight is 434 g/mol. The summed E-state index contributed by atoms with van der Waals surface area (Å²) < 4.78 is 1.80. The molecule has 5 N–H and O–H groups in total. The molecule has 0 saturated heterocycles. The van der Waals surface area contributed by atoms with Crippen LogP contribution in [-0.2, 0) is 7.05 Å². The first-order valence-electron chi connectivity index (χ1n) is 9.36. The first kappa shape index (κ1) is 20.5. The third-order valence-corrected chi connectivity index (χ3v) is 5.04. The number of hydrogen-bond donors (Lipinski definition) is 4. The van der Waals surface area contributed by atoms with Gasteiger partial charge in [-0.05, 0) is 11.5 Å². The largest absolute Gasteiger partial charge is 0.508 e. The lowest BCUT2D eigenvalue weighted by Crippen LogP contribution is -2.43. The van der Waals surface area contributed by atoms with Gasteiger partial charge in [0.25, 0.3) is 5.56 Å². The van der Waals surface area contributed by atoms with Gasteiger partial charge in [-0.1, -0.05) is 36.4 Å². The zero-order chi connectivity index (χ0) is 23.2. The van der Waals surface area contributed by atoms with Crippen molar-refractivity contribution < 1.29 is 20.1 Å². The number of hydrogen-bond acceptors (Lipinski definition) is 6. The second kappa shape index (κ2) is 7.51. The summed E-state index contributed by atoms with van der Waals surface area (Å²) in [4.78, 5) is 38.7. The average Bonchev–Trinajstić information content (AvgIpc) is 2.74. The van der Waals surface area contributed by atoms with Crippen molar-refractivity contribution in [1.29, 1.82) is 0 Å². The van der Waals surface area contributed by atoms with Gasteiger partial charge in [0.2, 0.25) is 0 Å². The topological polar surface area (TPSA) is 151 Å². The van der Waals surface area contributed by atoms with Crippen molar-refractivity contribution in [2.24, 2.45) is 7.05 Å². The van der Waals surface area contributed by atoms with Gasteiger partial charge < -0.3 is 21.1 Å². The number of phenolic OH excluding ortho intramolecular Hbond substituents is 2. The number of anilines is 3. The fourth-order valence-corrected chi connectivity index (χ4v) is 3.60. The monoisotopic (exact) mass is 434 g/mol. The van der Waals surface area contributed by atoms with E-state index in [2.05, 4.69) is 0 Å². The minimum absolute atomic E-state index is 0.234. The number of aromatic hydroxyl groups is 2. The lowest BCUT2D eigenvalue weighted by atomic mass is 10.1. The number of amides is 1. The van der Waals surface area contributed by atoms with Crippen LogP contribution in [0.1, 0.15) is 0 Å². The Balaban J connectivity index is 2.11. The molecule has 0 spiro atoms. The van der Waals surface area contributed by atoms with E-state index in [-0.39, 0.29) is 5.69 Å². The first-order valence-corrected chi connectivity index (χ1v) is 9.36. The number of benzene rings is 3. The van der Waals surface area contributed by atoms with Crippen LogP contribution in [0.3, 0.4) is 0 Å². The summed E-state index contributed by atoms with van der Waals surface area (Å²) in [5, 5.41) is 31.0. The molecule has 0 bridgehead atoms. The van der Waals surface area contributed by atoms with Gasteiger partial charge in [-0.25, -0.2) is 19.1 Å². The molecule has 1 heterocycles. The van der Waals surface area contributed by atoms with Crippen LogP contribution >= 0.6 is 0 Å². The predicted octanol–water partition coefficient (Wildman–Crippen LogP) is 2.50. The van der Waals surface area contributed by atoms with Gasteiger partial charge >= 0.3 is 11.8 Å². The molecule has 0 aliphatic carbocycles. The van der Waals surface area contributed by atoms with Crippen LogP contribution in [0.25, 0.3) is 16.5 Å². The van der Waals surface area contributed by atoms with E-state index in [1.807, 2.05) is 18.2 Å². The Morgan fingerprint density at radius 3 is 2.25 bits per heavy atom. The molecule has 32 heavy (non-hydrogen) atoms. The maximum atomic E-state index is 13.0. The third kappa shape index (κ3) is 3.19. The molecule has 0 aliphatic rings. The summed E-state index contributed by atoms with van der Waals surface area (Å²) in [5.74, 6) is -1.27. The van der Waals surface area contributed by atoms with Gasteiger partial charge in [-0.2, -0.15) is 0 Å². The molecule has 3 aromatic carbocycles. The number of aromatic nitrogens is 2. The maximum Gasteiger partial charge on any atom is 0.416 e. The normalized spacial score (nSPS) is 10.9. The Hall–Kier alpha value is -4.73. The highest BCUT2D eigenvalue weighted by molar-refractivity contribution is 5.98. The molecule has 0 aliphatic heterocycles. The standard InChI is InChI=1S/C22H18N4O6/c1-24-20(29)18(25(22(31)32)13-9-14(27)11-15(28)10-13)19(23)26(21(24)30)17-8-4-6-12-5-2-3-7-16(12)17/h2-11,27-28H,23H2,1H3,(H,31,32). The van der Waals surface area contributed by atoms with Gasteiger partial charge in [0.1, 0.15) is 17.3 Å². The van der Waals surface area contributed by atoms with Crippen molar-refractivity contribution in [3.8, 4) is 17.2 Å². The fraction of sp³-hybridized carbons (Fsp3) is 0.0455. The zero-order valence-corrected chi connectivity index (χ0v) is 16.8. The second-order valence-corrected chi connectivity index (χ2v) is 7.04. The molecule has 1 amide bonds. The van der Waals surface area contributed by atoms with E-state index in [4.69, 9.17) is 5.73 Å². The van der Waals surface area contributed by atoms with Crippen molar-refractivity contribution in [3.05, 3.63) is 81.5 Å². The molecule has 0 radical (unpaired) electrons. The van der Waals surface area contributed by atoms with Crippen molar-refractivity contribution in [3.63, 3.8) is 0 Å². The summed E-state index contributed by atoms with van der Waals surface area (Å²) in [7, 11) is 1.20. The lowest BCUT2D eigenvalue weighted by molar-refractivity contribution is 0.204. The zero-order valence-electron chi connectivity index (χ0n) is 16.8. The molecule has 0 fully saturated rings. The van der Waals surface area contributed by atoms with Crippen LogP contribution in [0.15, 0.2) is 70.3 Å². The number of rotatable bonds is 3. The molecular weight excluding hydrogens is 416 g/mol. The Morgan fingerprint density at radius 1 is 0.969 bits per heavy atom. The van der Waals surface area contributed by atoms with Crippen molar-refractivity contribution in [2.45, 2.75) is 0 Å². The summed E-state index contributed by atoms with van der Waals surface area (Å²) in [6.07, 6.45) is -1.61. The van der Waals surface area contributed by atoms with Crippen LogP contribution in [0.5, 0.6) is 11.5 Å². The Labute approximate surface area is 180 Å². The van der Waals surface area contributed by atoms with E-state index in [0.717, 1.165) is 32.7 Å². The Kier molecular flexibility index (Phi) is 4.82. The van der Waals surface area contributed by atoms with Crippen molar-refractivity contribution >= 4 is 34.1 Å². The number of nitrogen functional groups attached to an aromatic ring is 1. The Morgan fingerprint density at radius 2 is 1.59 bits per heavy atom. The highest BCUT2D eigenvalue weighted by Crippen LogP contribution is 2.34. The lowest BCUT2D eigenvalue weighted by Gasteiger charge is -2.23. The number of carbonyl (C=O) groups is 1. The quantitative estimate of drug-likeness (QED) is 0.387. The number of phenols is 2. The molecule has 4 rings (SSSR count). The van der Waals surface area contributed by atoms with Gasteiger partial charge in [-0.15, -0.1) is 0 Å². The van der Waals surface area contributed by atoms with Crippen LogP contribution in [0.2, 0.25) is 0 Å². The highest BCUT2D eigenvalue weighted by atomic mass is 16.4. The van der Waals surface area contributed by atoms with E-state index in [0.29, 0.717) is 16.0 Å². The van der Waals surface area contributed by atoms with Gasteiger partial charge in [0.05, 0.1) is 11.4 Å². The SMILES string of the molecule is Cn1c(=O)c(N(C(=O)O)c2cc(O)cc(O)c2)c(N)n(-c2cccc3ccccc23)c1=O. The fourth-order valence-electron chi connectivity index (χ4n) is 3.60. The van der Waals surface area contributed by atoms with Gasteiger partial charge in [-0.3, -0.25) is 9.36 Å². The third-order valence-electron chi connectivity index (χ3n) is 5.04. The molecule has 10 nitrogen and oxygen atoms in total. The molecule has 162 valence electrons. The highest BCUT2D eigenvalue weighted by Gasteiger charge is 2.28. The van der Waals surface area contributed by atoms with E-state index < -0.39 is 40.3 Å². The number of carboxylic acid groups (broad SMARTS) is 1. The van der Waals surface area contributed by atoms with E-state index in [1.54, 1.807) is 24.3 Å². The van der Waals surface area contributed by atoms with Gasteiger partial charge in [0, 0.05) is 30.6 Å². The van der Waals surface area contributed by atoms with Crippen LogP contribution < -0.4 is 21.9 Å². The summed E-state index contributed by atoms with van der Waals surface area (Å²) in [5.41, 5.74) is 4.11. The van der Waals surface area contributed by atoms with Crippen LogP contribution in [-0.4, -0.2) is 30.5 Å². The second-order valence-electron chi connectivity index (χ2n) is 7.04. The molecule has 10 heteroatoms. The van der Waals surface area contributed by atoms with Crippen molar-refractivity contribution in [1.82, 2.24) is 9.13 Å². The minimum Gasteiger partial charge on any atom is -0.508 e. The maximum absolute atomic E-state index is 13.0. The molecule has 0 unspecified atom stereocenters. The van der Waals surface area contributed by atoms with E-state index in [1.165, 1.54) is 7.05 Å². The molecular formula is C22H18N4O6. The number of fused-ring (bicyclic) bond motifs is 1. The predicted molar refractivity (Wildman–Crippen MR) is 119 cm³/mol. The number of nitrogens with two attached hydrogens (primary N) is 1. The van der Waals surface area contributed by atoms with E-state index >= 15 is 0 Å². The summed E-state index contributed by atoms with van der Waals surface area (Å²) in [6, 6.07) is 15.5. The molecule has 4 aromatic rings.